The zero-order valence-electron chi connectivity index (χ0n) is 13.9. The molecule has 1 N–H and O–H groups in total. The number of hydrogen-bond acceptors (Lipinski definition) is 3. The molecule has 3 nitrogen and oxygen atoms in total. The molecule has 1 amide bonds. The van der Waals surface area contributed by atoms with Crippen LogP contribution in [0.15, 0.2) is 59.6 Å². The Morgan fingerprint density at radius 3 is 2.50 bits per heavy atom. The summed E-state index contributed by atoms with van der Waals surface area (Å²) < 4.78 is 0. The number of carbonyl (C=O) groups is 1. The molecule has 1 aliphatic heterocycles. The van der Waals surface area contributed by atoms with Crippen LogP contribution < -0.4 is 5.32 Å². The lowest BCUT2D eigenvalue weighted by atomic mass is 10.1. The second-order valence-corrected chi connectivity index (χ2v) is 7.16. The average Bonchev–Trinajstić information content (AvgIpc) is 2.94. The summed E-state index contributed by atoms with van der Waals surface area (Å²) >= 11 is 1.52. The Morgan fingerprint density at radius 2 is 1.79 bits per heavy atom. The molecule has 24 heavy (non-hydrogen) atoms. The molecule has 1 unspecified atom stereocenters. The number of nitrogens with zero attached hydrogens (tertiary/aromatic N) is 1. The number of unbranched alkanes of at least 4 members (excludes halogenated alkanes) is 1. The molecule has 2 aromatic rings. The normalized spacial score (nSPS) is 18.8. The molecule has 0 aromatic heterocycles. The zero-order valence-corrected chi connectivity index (χ0v) is 14.7. The van der Waals surface area contributed by atoms with Gasteiger partial charge in [-0.25, -0.2) is 4.99 Å². The van der Waals surface area contributed by atoms with Crippen LogP contribution in [0.5, 0.6) is 0 Å². The first kappa shape index (κ1) is 16.8. The van der Waals surface area contributed by atoms with Crippen molar-refractivity contribution in [2.75, 3.05) is 0 Å². The van der Waals surface area contributed by atoms with Gasteiger partial charge in [0, 0.05) is 0 Å². The molecule has 4 heteroatoms. The minimum absolute atomic E-state index is 0.0437. The molecule has 1 heterocycles. The standard InChI is InChI=1S/C20H22N2OS/c1-2-3-7-15-10-12-17(13-11-15)21-20-22-19(23)18(24-20)14-16-8-5-4-6-9-16/h4-6,8-13,18H,2-3,7,14H2,1H3,(H,21,22,23). The van der Waals surface area contributed by atoms with Gasteiger partial charge in [0.2, 0.25) is 5.91 Å². The molecular formula is C20H22N2OS. The maximum absolute atomic E-state index is 12.1. The van der Waals surface area contributed by atoms with Crippen molar-refractivity contribution in [1.29, 1.82) is 0 Å². The van der Waals surface area contributed by atoms with E-state index in [1.807, 2.05) is 30.3 Å². The highest BCUT2D eigenvalue weighted by molar-refractivity contribution is 8.15. The van der Waals surface area contributed by atoms with Gasteiger partial charge < -0.3 is 5.32 Å². The van der Waals surface area contributed by atoms with Gasteiger partial charge in [-0.05, 0) is 42.5 Å². The highest BCUT2D eigenvalue weighted by Gasteiger charge is 2.30. The first-order valence-electron chi connectivity index (χ1n) is 8.43. The molecule has 124 valence electrons. The highest BCUT2D eigenvalue weighted by Crippen LogP contribution is 2.26. The van der Waals surface area contributed by atoms with Crippen LogP contribution >= 0.6 is 11.8 Å². The number of benzene rings is 2. The third-order valence-corrected chi connectivity index (χ3v) is 5.11. The zero-order chi connectivity index (χ0) is 16.8. The van der Waals surface area contributed by atoms with Crippen LogP contribution in [0.1, 0.15) is 30.9 Å². The van der Waals surface area contributed by atoms with Crippen molar-refractivity contribution in [1.82, 2.24) is 5.32 Å². The van der Waals surface area contributed by atoms with E-state index < -0.39 is 0 Å². The number of amidine groups is 1. The highest BCUT2D eigenvalue weighted by atomic mass is 32.2. The molecule has 1 fully saturated rings. The molecule has 3 rings (SSSR count). The molecule has 0 bridgehead atoms. The van der Waals surface area contributed by atoms with Crippen molar-refractivity contribution in [2.24, 2.45) is 4.99 Å². The van der Waals surface area contributed by atoms with E-state index >= 15 is 0 Å². The molecule has 1 aliphatic rings. The second kappa shape index (κ2) is 8.15. The summed E-state index contributed by atoms with van der Waals surface area (Å²) in [6.45, 7) is 2.20. The fourth-order valence-electron chi connectivity index (χ4n) is 2.66. The van der Waals surface area contributed by atoms with E-state index in [0.717, 1.165) is 18.5 Å². The molecule has 0 spiro atoms. The number of thioether (sulfide) groups is 1. The Hall–Kier alpha value is -2.07. The maximum atomic E-state index is 12.1. The Bertz CT molecular complexity index is 710. The molecule has 2 aromatic carbocycles. The summed E-state index contributed by atoms with van der Waals surface area (Å²) in [7, 11) is 0. The van der Waals surface area contributed by atoms with Crippen LogP contribution in [0.25, 0.3) is 0 Å². The average molecular weight is 338 g/mol. The monoisotopic (exact) mass is 338 g/mol. The lowest BCUT2D eigenvalue weighted by Gasteiger charge is -2.04. The van der Waals surface area contributed by atoms with Crippen molar-refractivity contribution in [3.8, 4) is 0 Å². The maximum Gasteiger partial charge on any atom is 0.239 e. The van der Waals surface area contributed by atoms with Gasteiger partial charge >= 0.3 is 0 Å². The van der Waals surface area contributed by atoms with Crippen molar-refractivity contribution in [2.45, 2.75) is 37.9 Å². The number of nitrogens with one attached hydrogen (secondary N) is 1. The SMILES string of the molecule is CCCCc1ccc(N=C2NC(=O)C(Cc3ccccc3)S2)cc1. The molecule has 1 atom stereocenters. The van der Waals surface area contributed by atoms with E-state index in [2.05, 4.69) is 41.5 Å². The lowest BCUT2D eigenvalue weighted by Crippen LogP contribution is -2.25. The van der Waals surface area contributed by atoms with Gasteiger partial charge in [0.05, 0.1) is 10.9 Å². The van der Waals surface area contributed by atoms with Crippen LogP contribution in [0.4, 0.5) is 5.69 Å². The molecule has 0 radical (unpaired) electrons. The molecule has 0 saturated carbocycles. The van der Waals surface area contributed by atoms with Crippen molar-refractivity contribution < 1.29 is 4.79 Å². The first-order chi connectivity index (χ1) is 11.7. The van der Waals surface area contributed by atoms with Crippen LogP contribution in [-0.4, -0.2) is 16.3 Å². The summed E-state index contributed by atoms with van der Waals surface area (Å²) in [6, 6.07) is 18.4. The topological polar surface area (TPSA) is 41.5 Å². The number of hydrogen-bond donors (Lipinski definition) is 1. The fraction of sp³-hybridized carbons (Fsp3) is 0.300. The Balaban J connectivity index is 1.63. The smallest absolute Gasteiger partial charge is 0.239 e. The predicted molar refractivity (Wildman–Crippen MR) is 102 cm³/mol. The van der Waals surface area contributed by atoms with Gasteiger partial charge in [0.15, 0.2) is 5.17 Å². The van der Waals surface area contributed by atoms with Crippen LogP contribution in [0, 0.1) is 0 Å². The van der Waals surface area contributed by atoms with Crippen LogP contribution in [0.3, 0.4) is 0 Å². The number of rotatable bonds is 6. The van der Waals surface area contributed by atoms with E-state index in [-0.39, 0.29) is 11.2 Å². The Morgan fingerprint density at radius 1 is 1.04 bits per heavy atom. The van der Waals surface area contributed by atoms with Gasteiger partial charge in [0.1, 0.15) is 0 Å². The predicted octanol–water partition coefficient (Wildman–Crippen LogP) is 4.49. The third kappa shape index (κ3) is 4.48. The van der Waals surface area contributed by atoms with E-state index in [9.17, 15) is 4.79 Å². The summed E-state index contributed by atoms with van der Waals surface area (Å²) in [5, 5.41) is 3.49. The molecular weight excluding hydrogens is 316 g/mol. The number of carbonyl (C=O) groups excluding carboxylic acids is 1. The molecule has 0 aliphatic carbocycles. The summed E-state index contributed by atoms with van der Waals surface area (Å²) in [6.07, 6.45) is 4.25. The van der Waals surface area contributed by atoms with Gasteiger partial charge in [-0.3, -0.25) is 4.79 Å². The number of aryl methyl sites for hydroxylation is 1. The second-order valence-electron chi connectivity index (χ2n) is 5.97. The van der Waals surface area contributed by atoms with Crippen molar-refractivity contribution >= 4 is 28.5 Å². The fourth-order valence-corrected chi connectivity index (χ4v) is 3.68. The van der Waals surface area contributed by atoms with Crippen LogP contribution in [0.2, 0.25) is 0 Å². The minimum atomic E-state index is -0.102. The van der Waals surface area contributed by atoms with Gasteiger partial charge in [-0.1, -0.05) is 67.6 Å². The van der Waals surface area contributed by atoms with Gasteiger partial charge in [-0.15, -0.1) is 0 Å². The van der Waals surface area contributed by atoms with Crippen molar-refractivity contribution in [3.05, 3.63) is 65.7 Å². The van der Waals surface area contributed by atoms with E-state index in [0.29, 0.717) is 5.17 Å². The van der Waals surface area contributed by atoms with Crippen LogP contribution in [-0.2, 0) is 17.6 Å². The van der Waals surface area contributed by atoms with E-state index in [4.69, 9.17) is 0 Å². The van der Waals surface area contributed by atoms with Crippen molar-refractivity contribution in [3.63, 3.8) is 0 Å². The summed E-state index contributed by atoms with van der Waals surface area (Å²) in [4.78, 5) is 16.7. The summed E-state index contributed by atoms with van der Waals surface area (Å²) in [5.74, 6) is 0.0437. The van der Waals surface area contributed by atoms with E-state index in [1.54, 1.807) is 0 Å². The largest absolute Gasteiger partial charge is 0.304 e. The molecule has 1 saturated heterocycles. The number of amides is 1. The quantitative estimate of drug-likeness (QED) is 0.843. The summed E-state index contributed by atoms with van der Waals surface area (Å²) in [5.41, 5.74) is 3.40. The lowest BCUT2D eigenvalue weighted by molar-refractivity contribution is -0.118. The Labute approximate surface area is 147 Å². The Kier molecular flexibility index (Phi) is 5.70. The van der Waals surface area contributed by atoms with Gasteiger partial charge in [0.25, 0.3) is 0 Å². The minimum Gasteiger partial charge on any atom is -0.304 e. The first-order valence-corrected chi connectivity index (χ1v) is 9.31. The third-order valence-electron chi connectivity index (χ3n) is 4.03. The number of aliphatic imine (C=N–C) groups is 1. The van der Waals surface area contributed by atoms with Gasteiger partial charge in [-0.2, -0.15) is 0 Å². The van der Waals surface area contributed by atoms with E-state index in [1.165, 1.54) is 35.7 Å².